The van der Waals surface area contributed by atoms with E-state index in [1.54, 1.807) is 27.7 Å². The van der Waals surface area contributed by atoms with E-state index in [-0.39, 0.29) is 18.8 Å². The van der Waals surface area contributed by atoms with Crippen molar-refractivity contribution in [2.45, 2.75) is 84.2 Å². The number of aliphatic carboxylic acids is 2. The van der Waals surface area contributed by atoms with E-state index in [1.807, 2.05) is 0 Å². The minimum absolute atomic E-state index is 0.00257. The lowest BCUT2D eigenvalue weighted by molar-refractivity contribution is -0.143. The zero-order valence-electron chi connectivity index (χ0n) is 19.1. The molecule has 0 aromatic rings. The number of aliphatic hydroxyl groups excluding tert-OH is 1. The molecule has 0 aliphatic carbocycles. The molecule has 0 radical (unpaired) electrons. The van der Waals surface area contributed by atoms with E-state index in [1.165, 1.54) is 6.92 Å². The maximum absolute atomic E-state index is 12.8. The van der Waals surface area contributed by atoms with Crippen molar-refractivity contribution in [3.8, 4) is 0 Å². The Labute approximate surface area is 187 Å². The Bertz CT molecular complexity index is 681. The summed E-state index contributed by atoms with van der Waals surface area (Å²) in [5.74, 6) is -5.26. The lowest BCUT2D eigenvalue weighted by atomic mass is 9.99. The Morgan fingerprint density at radius 3 is 1.75 bits per heavy atom. The number of nitrogens with one attached hydrogen (secondary N) is 3. The van der Waals surface area contributed by atoms with Gasteiger partial charge in [-0.2, -0.15) is 0 Å². The second-order valence-corrected chi connectivity index (χ2v) is 8.52. The first-order chi connectivity index (χ1) is 14.7. The van der Waals surface area contributed by atoms with Gasteiger partial charge in [0, 0.05) is 6.42 Å². The Kier molecular flexibility index (Phi) is 12.5. The molecule has 0 aliphatic heterocycles. The minimum atomic E-state index is -1.34. The van der Waals surface area contributed by atoms with Gasteiger partial charge < -0.3 is 37.0 Å². The van der Waals surface area contributed by atoms with E-state index in [0.29, 0.717) is 0 Å². The molecule has 5 atom stereocenters. The van der Waals surface area contributed by atoms with Gasteiger partial charge in [-0.3, -0.25) is 19.2 Å². The summed E-state index contributed by atoms with van der Waals surface area (Å²) in [6, 6.07) is -4.95. The van der Waals surface area contributed by atoms with E-state index in [0.717, 1.165) is 0 Å². The number of nitrogens with two attached hydrogens (primary N) is 1. The number of rotatable bonds is 14. The van der Waals surface area contributed by atoms with E-state index in [9.17, 15) is 34.2 Å². The van der Waals surface area contributed by atoms with E-state index in [2.05, 4.69) is 16.0 Å². The molecule has 0 fully saturated rings. The summed E-state index contributed by atoms with van der Waals surface area (Å²) in [4.78, 5) is 60.0. The zero-order chi connectivity index (χ0) is 25.2. The SMILES string of the molecule is CC(C)CC(NC(=O)C(NC(=O)C(CCC(=O)O)NC(=O)C(N)C(C)O)C(C)C)C(=O)O. The molecular weight excluding hydrogens is 424 g/mol. The van der Waals surface area contributed by atoms with E-state index in [4.69, 9.17) is 10.8 Å². The Morgan fingerprint density at radius 1 is 0.812 bits per heavy atom. The van der Waals surface area contributed by atoms with Crippen molar-refractivity contribution in [1.29, 1.82) is 0 Å². The number of carbonyl (C=O) groups is 5. The van der Waals surface area contributed by atoms with Crippen molar-refractivity contribution in [1.82, 2.24) is 16.0 Å². The maximum atomic E-state index is 12.8. The highest BCUT2D eigenvalue weighted by molar-refractivity contribution is 5.94. The smallest absolute Gasteiger partial charge is 0.326 e. The zero-order valence-corrected chi connectivity index (χ0v) is 19.1. The predicted molar refractivity (Wildman–Crippen MR) is 114 cm³/mol. The number of hydrogen-bond donors (Lipinski definition) is 7. The number of hydrogen-bond acceptors (Lipinski definition) is 7. The molecule has 0 aliphatic rings. The first-order valence-electron chi connectivity index (χ1n) is 10.5. The summed E-state index contributed by atoms with van der Waals surface area (Å²) in [5.41, 5.74) is 5.56. The van der Waals surface area contributed by atoms with Crippen LogP contribution in [-0.2, 0) is 24.0 Å². The van der Waals surface area contributed by atoms with Gasteiger partial charge in [-0.25, -0.2) is 4.79 Å². The molecule has 3 amide bonds. The molecule has 0 rings (SSSR count). The first-order valence-corrected chi connectivity index (χ1v) is 10.5. The second kappa shape index (κ2) is 13.6. The molecule has 5 unspecified atom stereocenters. The van der Waals surface area contributed by atoms with Crippen molar-refractivity contribution in [3.63, 3.8) is 0 Å². The summed E-state index contributed by atoms with van der Waals surface area (Å²) < 4.78 is 0. The van der Waals surface area contributed by atoms with Crippen LogP contribution in [-0.4, -0.2) is 75.3 Å². The molecule has 0 spiro atoms. The van der Waals surface area contributed by atoms with Crippen LogP contribution in [0.1, 0.15) is 53.9 Å². The third kappa shape index (κ3) is 10.5. The molecule has 0 heterocycles. The summed E-state index contributed by atoms with van der Waals surface area (Å²) in [5, 5.41) is 34.9. The summed E-state index contributed by atoms with van der Waals surface area (Å²) in [7, 11) is 0. The molecule has 0 saturated carbocycles. The molecule has 8 N–H and O–H groups in total. The molecule has 184 valence electrons. The van der Waals surface area contributed by atoms with Crippen LogP contribution in [0.4, 0.5) is 0 Å². The third-order valence-electron chi connectivity index (χ3n) is 4.67. The minimum Gasteiger partial charge on any atom is -0.481 e. The quantitative estimate of drug-likeness (QED) is 0.166. The van der Waals surface area contributed by atoms with Crippen LogP contribution < -0.4 is 21.7 Å². The maximum Gasteiger partial charge on any atom is 0.326 e. The fourth-order valence-electron chi connectivity index (χ4n) is 2.77. The Hall–Kier alpha value is -2.73. The largest absolute Gasteiger partial charge is 0.481 e. The first kappa shape index (κ1) is 29.3. The molecule has 0 aromatic carbocycles. The van der Waals surface area contributed by atoms with Gasteiger partial charge >= 0.3 is 11.9 Å². The average molecular weight is 461 g/mol. The molecular formula is C20H36N4O8. The monoisotopic (exact) mass is 460 g/mol. The van der Waals surface area contributed by atoms with Crippen LogP contribution in [0.5, 0.6) is 0 Å². The lowest BCUT2D eigenvalue weighted by Gasteiger charge is -2.27. The highest BCUT2D eigenvalue weighted by Gasteiger charge is 2.32. The molecule has 12 nitrogen and oxygen atoms in total. The van der Waals surface area contributed by atoms with Crippen molar-refractivity contribution in [2.75, 3.05) is 0 Å². The van der Waals surface area contributed by atoms with Crippen molar-refractivity contribution >= 4 is 29.7 Å². The van der Waals surface area contributed by atoms with E-state index >= 15 is 0 Å². The van der Waals surface area contributed by atoms with Gasteiger partial charge in [0.15, 0.2) is 0 Å². The highest BCUT2D eigenvalue weighted by Crippen LogP contribution is 2.09. The molecule has 0 aromatic heterocycles. The van der Waals surface area contributed by atoms with E-state index < -0.39 is 72.3 Å². The Morgan fingerprint density at radius 2 is 1.34 bits per heavy atom. The van der Waals surface area contributed by atoms with Gasteiger partial charge in [0.25, 0.3) is 0 Å². The topological polar surface area (TPSA) is 208 Å². The Balaban J connectivity index is 5.49. The molecule has 32 heavy (non-hydrogen) atoms. The predicted octanol–water partition coefficient (Wildman–Crippen LogP) is -1.20. The van der Waals surface area contributed by atoms with Gasteiger partial charge in [-0.05, 0) is 31.6 Å². The fourth-order valence-corrected chi connectivity index (χ4v) is 2.77. The van der Waals surface area contributed by atoms with Gasteiger partial charge in [0.2, 0.25) is 17.7 Å². The van der Waals surface area contributed by atoms with Crippen LogP contribution in [0.25, 0.3) is 0 Å². The second-order valence-electron chi connectivity index (χ2n) is 8.52. The van der Waals surface area contributed by atoms with Crippen molar-refractivity contribution in [3.05, 3.63) is 0 Å². The van der Waals surface area contributed by atoms with Crippen molar-refractivity contribution in [2.24, 2.45) is 17.6 Å². The van der Waals surface area contributed by atoms with Crippen LogP contribution in [0.3, 0.4) is 0 Å². The lowest BCUT2D eigenvalue weighted by Crippen LogP contribution is -2.59. The highest BCUT2D eigenvalue weighted by atomic mass is 16.4. The number of carboxylic acid groups (broad SMARTS) is 2. The van der Waals surface area contributed by atoms with Gasteiger partial charge in [0.1, 0.15) is 24.2 Å². The summed E-state index contributed by atoms with van der Waals surface area (Å²) in [6.07, 6.45) is -1.75. The number of aliphatic hydroxyl groups is 1. The summed E-state index contributed by atoms with van der Waals surface area (Å²) >= 11 is 0. The molecule has 0 saturated heterocycles. The van der Waals surface area contributed by atoms with Gasteiger partial charge in [-0.15, -0.1) is 0 Å². The average Bonchev–Trinajstić information content (AvgIpc) is 2.66. The van der Waals surface area contributed by atoms with Crippen LogP contribution in [0, 0.1) is 11.8 Å². The number of carboxylic acids is 2. The van der Waals surface area contributed by atoms with Crippen molar-refractivity contribution < 1.29 is 39.3 Å². The summed E-state index contributed by atoms with van der Waals surface area (Å²) in [6.45, 7) is 8.16. The standard InChI is InChI=1S/C20H36N4O8/c1-9(2)8-13(20(31)32)23-19(30)16(10(3)4)24-17(28)12(6-7-14(26)27)22-18(29)15(21)11(5)25/h9-13,15-16,25H,6-8,21H2,1-5H3,(H,22,29)(H,23,30)(H,24,28)(H,26,27)(H,31,32). The van der Waals surface area contributed by atoms with Crippen LogP contribution in [0.15, 0.2) is 0 Å². The fraction of sp³-hybridized carbons (Fsp3) is 0.750. The van der Waals surface area contributed by atoms with Gasteiger partial charge in [-0.1, -0.05) is 27.7 Å². The molecule has 0 bridgehead atoms. The van der Waals surface area contributed by atoms with Gasteiger partial charge in [0.05, 0.1) is 6.10 Å². The third-order valence-corrected chi connectivity index (χ3v) is 4.67. The van der Waals surface area contributed by atoms with Crippen LogP contribution >= 0.6 is 0 Å². The number of carbonyl (C=O) groups excluding carboxylic acids is 3. The molecule has 12 heteroatoms. The number of amides is 3. The van der Waals surface area contributed by atoms with Crippen LogP contribution in [0.2, 0.25) is 0 Å². The normalized spacial score (nSPS) is 15.9.